The van der Waals surface area contributed by atoms with Crippen LogP contribution in [-0.4, -0.2) is 25.2 Å². The molecule has 4 heteroatoms. The van der Waals surface area contributed by atoms with E-state index < -0.39 is 11.9 Å². The van der Waals surface area contributed by atoms with Crippen LogP contribution < -0.4 is 0 Å². The summed E-state index contributed by atoms with van der Waals surface area (Å²) in [5.41, 5.74) is 0. The lowest BCUT2D eigenvalue weighted by Gasteiger charge is -2.04. The summed E-state index contributed by atoms with van der Waals surface area (Å²) < 4.78 is 9.38. The van der Waals surface area contributed by atoms with Crippen LogP contribution in [0.4, 0.5) is 0 Å². The van der Waals surface area contributed by atoms with E-state index in [1.807, 2.05) is 0 Å². The Morgan fingerprint density at radius 2 is 1.35 bits per heavy atom. The minimum absolute atomic E-state index is 0.0337. The van der Waals surface area contributed by atoms with E-state index in [4.69, 9.17) is 4.74 Å². The number of unbranched alkanes of at least 4 members (excludes halogenated alkanes) is 8. The Morgan fingerprint density at radius 3 is 1.90 bits per heavy atom. The van der Waals surface area contributed by atoms with Gasteiger partial charge < -0.3 is 9.47 Å². The second-order valence-corrected chi connectivity index (χ2v) is 4.85. The van der Waals surface area contributed by atoms with Gasteiger partial charge >= 0.3 is 11.9 Å². The Kier molecular flexibility index (Phi) is 13.2. The molecule has 0 fully saturated rings. The van der Waals surface area contributed by atoms with Gasteiger partial charge in [0.2, 0.25) is 0 Å². The van der Waals surface area contributed by atoms with Gasteiger partial charge in [0.25, 0.3) is 0 Å². The number of ether oxygens (including phenoxy) is 2. The van der Waals surface area contributed by atoms with Crippen LogP contribution >= 0.6 is 0 Å². The van der Waals surface area contributed by atoms with Crippen molar-refractivity contribution in [1.82, 2.24) is 0 Å². The molecule has 0 radical (unpaired) electrons. The highest BCUT2D eigenvalue weighted by Gasteiger charge is 2.15. The highest BCUT2D eigenvalue weighted by molar-refractivity contribution is 6.29. The molecule has 0 aliphatic carbocycles. The van der Waals surface area contributed by atoms with Crippen LogP contribution in [0.5, 0.6) is 0 Å². The van der Waals surface area contributed by atoms with Crippen LogP contribution in [0.15, 0.2) is 12.7 Å². The first-order valence-corrected chi connectivity index (χ1v) is 7.67. The lowest BCUT2D eigenvalue weighted by Crippen LogP contribution is -2.20. The van der Waals surface area contributed by atoms with Crippen LogP contribution in [0.1, 0.15) is 64.7 Å². The zero-order valence-corrected chi connectivity index (χ0v) is 12.7. The maximum Gasteiger partial charge on any atom is 0.417 e. The summed E-state index contributed by atoms with van der Waals surface area (Å²) in [6, 6.07) is 0. The van der Waals surface area contributed by atoms with Crippen molar-refractivity contribution >= 4 is 11.9 Å². The Labute approximate surface area is 122 Å². The molecular formula is C16H28O4. The number of hydrogen-bond acceptors (Lipinski definition) is 4. The summed E-state index contributed by atoms with van der Waals surface area (Å²) in [6.45, 7) is 5.93. The Hall–Kier alpha value is -1.32. The van der Waals surface area contributed by atoms with Gasteiger partial charge in [-0.2, -0.15) is 0 Å². The van der Waals surface area contributed by atoms with Crippen LogP contribution in [-0.2, 0) is 19.1 Å². The third kappa shape index (κ3) is 11.8. The van der Waals surface area contributed by atoms with Crippen molar-refractivity contribution in [2.75, 3.05) is 13.2 Å². The third-order valence-corrected chi connectivity index (χ3v) is 2.98. The average Bonchev–Trinajstić information content (AvgIpc) is 2.46. The molecule has 0 aromatic carbocycles. The molecule has 20 heavy (non-hydrogen) atoms. The van der Waals surface area contributed by atoms with Crippen LogP contribution in [0.2, 0.25) is 0 Å². The monoisotopic (exact) mass is 284 g/mol. The van der Waals surface area contributed by atoms with E-state index >= 15 is 0 Å². The van der Waals surface area contributed by atoms with Gasteiger partial charge in [-0.05, 0) is 6.42 Å². The highest BCUT2D eigenvalue weighted by atomic mass is 16.6. The molecule has 0 aromatic rings. The fourth-order valence-electron chi connectivity index (χ4n) is 1.83. The Balaban J connectivity index is 3.28. The molecule has 0 N–H and O–H groups in total. The molecule has 0 aromatic heterocycles. The second-order valence-electron chi connectivity index (χ2n) is 4.85. The van der Waals surface area contributed by atoms with Crippen molar-refractivity contribution in [3.05, 3.63) is 12.7 Å². The summed E-state index contributed by atoms with van der Waals surface area (Å²) in [5, 5.41) is 0. The topological polar surface area (TPSA) is 52.6 Å². The number of hydrogen-bond donors (Lipinski definition) is 0. The van der Waals surface area contributed by atoms with E-state index in [0.717, 1.165) is 19.3 Å². The fourth-order valence-corrected chi connectivity index (χ4v) is 1.83. The fraction of sp³-hybridized carbons (Fsp3) is 0.750. The number of esters is 2. The first-order chi connectivity index (χ1) is 9.72. The lowest BCUT2D eigenvalue weighted by atomic mass is 10.1. The molecule has 0 saturated heterocycles. The van der Waals surface area contributed by atoms with E-state index in [1.54, 1.807) is 0 Å². The molecule has 0 heterocycles. The number of carbonyl (C=O) groups is 2. The molecule has 0 atom stereocenters. The molecule has 0 rings (SSSR count). The summed E-state index contributed by atoms with van der Waals surface area (Å²) in [4.78, 5) is 22.2. The highest BCUT2D eigenvalue weighted by Crippen LogP contribution is 2.09. The van der Waals surface area contributed by atoms with Crippen LogP contribution in [0.3, 0.4) is 0 Å². The molecule has 0 aliphatic rings. The predicted octanol–water partition coefficient (Wildman–Crippen LogP) is 3.79. The molecule has 0 unspecified atom stereocenters. The van der Waals surface area contributed by atoms with Gasteiger partial charge in [0.1, 0.15) is 6.61 Å². The van der Waals surface area contributed by atoms with Gasteiger partial charge in [-0.15, -0.1) is 0 Å². The quantitative estimate of drug-likeness (QED) is 0.237. The maximum atomic E-state index is 11.2. The normalized spacial score (nSPS) is 10.1. The van der Waals surface area contributed by atoms with Gasteiger partial charge in [0, 0.05) is 0 Å². The zero-order chi connectivity index (χ0) is 15.1. The SMILES string of the molecule is C=CCOC(=O)C(=O)OCCCCCCCCCCC. The van der Waals surface area contributed by atoms with Crippen molar-refractivity contribution in [1.29, 1.82) is 0 Å². The van der Waals surface area contributed by atoms with Crippen molar-refractivity contribution < 1.29 is 19.1 Å². The summed E-state index contributed by atoms with van der Waals surface area (Å²) in [5.74, 6) is -1.85. The van der Waals surface area contributed by atoms with Crippen LogP contribution in [0.25, 0.3) is 0 Å². The zero-order valence-electron chi connectivity index (χ0n) is 12.7. The van der Waals surface area contributed by atoms with Gasteiger partial charge in [-0.1, -0.05) is 70.9 Å². The number of carbonyl (C=O) groups excluding carboxylic acids is 2. The van der Waals surface area contributed by atoms with Gasteiger partial charge in [-0.25, -0.2) is 9.59 Å². The molecule has 0 bridgehead atoms. The second kappa shape index (κ2) is 14.1. The molecule has 0 spiro atoms. The predicted molar refractivity (Wildman–Crippen MR) is 79.3 cm³/mol. The molecule has 116 valence electrons. The van der Waals surface area contributed by atoms with Crippen molar-refractivity contribution in [3.8, 4) is 0 Å². The maximum absolute atomic E-state index is 11.2. The minimum Gasteiger partial charge on any atom is -0.457 e. The minimum atomic E-state index is -0.944. The van der Waals surface area contributed by atoms with E-state index in [2.05, 4.69) is 18.2 Å². The molecule has 0 amide bonds. The van der Waals surface area contributed by atoms with Gasteiger partial charge in [0.15, 0.2) is 0 Å². The smallest absolute Gasteiger partial charge is 0.417 e. The molecule has 0 saturated carbocycles. The summed E-state index contributed by atoms with van der Waals surface area (Å²) >= 11 is 0. The standard InChI is InChI=1S/C16H28O4/c1-3-5-6-7-8-9-10-11-12-14-20-16(18)15(17)19-13-4-2/h4H,2-3,5-14H2,1H3. The molecule has 4 nitrogen and oxygen atoms in total. The Morgan fingerprint density at radius 1 is 0.850 bits per heavy atom. The first-order valence-electron chi connectivity index (χ1n) is 7.67. The van der Waals surface area contributed by atoms with Crippen molar-refractivity contribution in [2.45, 2.75) is 64.7 Å². The Bertz CT molecular complexity index is 274. The third-order valence-electron chi connectivity index (χ3n) is 2.98. The molecule has 0 aliphatic heterocycles. The lowest BCUT2D eigenvalue weighted by molar-refractivity contribution is -0.167. The molecular weight excluding hydrogens is 256 g/mol. The van der Waals surface area contributed by atoms with Gasteiger partial charge in [0.05, 0.1) is 6.61 Å². The summed E-state index contributed by atoms with van der Waals surface area (Å²) in [7, 11) is 0. The van der Waals surface area contributed by atoms with E-state index in [1.165, 1.54) is 44.6 Å². The van der Waals surface area contributed by atoms with E-state index in [-0.39, 0.29) is 13.2 Å². The largest absolute Gasteiger partial charge is 0.457 e. The van der Waals surface area contributed by atoms with Gasteiger partial charge in [-0.3, -0.25) is 0 Å². The van der Waals surface area contributed by atoms with E-state index in [9.17, 15) is 9.59 Å². The van der Waals surface area contributed by atoms with Crippen LogP contribution in [0, 0.1) is 0 Å². The van der Waals surface area contributed by atoms with Crippen molar-refractivity contribution in [3.63, 3.8) is 0 Å². The van der Waals surface area contributed by atoms with E-state index in [0.29, 0.717) is 0 Å². The number of rotatable bonds is 12. The summed E-state index contributed by atoms with van der Waals surface area (Å²) in [6.07, 6.45) is 12.2. The average molecular weight is 284 g/mol. The first kappa shape index (κ1) is 18.7. The van der Waals surface area contributed by atoms with Crippen molar-refractivity contribution in [2.24, 2.45) is 0 Å².